The Bertz CT molecular complexity index is 923. The number of hydrogen-bond donors (Lipinski definition) is 1. The number of nitrogens with zero attached hydrogens (tertiary/aromatic N) is 2. The molecule has 6 nitrogen and oxygen atoms in total. The highest BCUT2D eigenvalue weighted by Crippen LogP contribution is 2.27. The van der Waals surface area contributed by atoms with Gasteiger partial charge in [-0.3, -0.25) is 14.9 Å². The molecule has 7 heteroatoms. The van der Waals surface area contributed by atoms with Crippen molar-refractivity contribution in [3.05, 3.63) is 64.1 Å². The summed E-state index contributed by atoms with van der Waals surface area (Å²) in [7, 11) is 3.83. The lowest BCUT2D eigenvalue weighted by Crippen LogP contribution is -2.54. The molecule has 0 spiro atoms. The van der Waals surface area contributed by atoms with Crippen LogP contribution in [0.3, 0.4) is 0 Å². The number of barbiturate groups is 1. The summed E-state index contributed by atoms with van der Waals surface area (Å²) >= 11 is 3.48. The van der Waals surface area contributed by atoms with Gasteiger partial charge in [-0.2, -0.15) is 0 Å². The Hall–Kier alpha value is -2.93. The third-order valence-corrected chi connectivity index (χ3v) is 4.52. The highest BCUT2D eigenvalue weighted by atomic mass is 79.9. The van der Waals surface area contributed by atoms with E-state index in [0.29, 0.717) is 11.3 Å². The van der Waals surface area contributed by atoms with Gasteiger partial charge in [0.05, 0.1) is 11.4 Å². The van der Waals surface area contributed by atoms with E-state index in [2.05, 4.69) is 21.2 Å². The number of urea groups is 1. The Balaban J connectivity index is 1.99. The number of hydrogen-bond acceptors (Lipinski definition) is 4. The molecule has 4 amide bonds. The van der Waals surface area contributed by atoms with E-state index in [-0.39, 0.29) is 5.57 Å². The summed E-state index contributed by atoms with van der Waals surface area (Å²) in [6.45, 7) is 0. The Morgan fingerprint density at radius 2 is 1.73 bits per heavy atom. The van der Waals surface area contributed by atoms with Gasteiger partial charge in [0.1, 0.15) is 5.57 Å². The quantitative estimate of drug-likeness (QED) is 0.619. The van der Waals surface area contributed by atoms with E-state index >= 15 is 0 Å². The summed E-state index contributed by atoms with van der Waals surface area (Å²) < 4.78 is 0.830. The summed E-state index contributed by atoms with van der Waals surface area (Å²) in [5.74, 6) is -1.36. The number of anilines is 2. The smallest absolute Gasteiger partial charge is 0.335 e. The minimum Gasteiger partial charge on any atom is -0.377 e. The molecule has 1 aliphatic heterocycles. The third kappa shape index (κ3) is 3.39. The van der Waals surface area contributed by atoms with Gasteiger partial charge in [0, 0.05) is 18.6 Å². The minimum absolute atomic E-state index is 0.0991. The lowest BCUT2D eigenvalue weighted by molar-refractivity contribution is -0.122. The second-order valence-corrected chi connectivity index (χ2v) is 6.75. The average Bonchev–Trinajstić information content (AvgIpc) is 2.59. The molecule has 0 aliphatic carbocycles. The van der Waals surface area contributed by atoms with E-state index in [1.54, 1.807) is 36.4 Å². The van der Waals surface area contributed by atoms with Crippen molar-refractivity contribution >= 4 is 51.2 Å². The van der Waals surface area contributed by atoms with Gasteiger partial charge in [0.25, 0.3) is 11.8 Å². The highest BCUT2D eigenvalue weighted by Gasteiger charge is 2.36. The molecule has 1 aliphatic rings. The van der Waals surface area contributed by atoms with Crippen LogP contribution in [0, 0.1) is 0 Å². The van der Waals surface area contributed by atoms with Gasteiger partial charge in [0.15, 0.2) is 0 Å². The lowest BCUT2D eigenvalue weighted by atomic mass is 10.1. The largest absolute Gasteiger partial charge is 0.377 e. The number of imide groups is 2. The Labute approximate surface area is 159 Å². The number of rotatable bonds is 3. The zero-order valence-electron chi connectivity index (χ0n) is 14.2. The maximum absolute atomic E-state index is 12.8. The molecule has 1 heterocycles. The van der Waals surface area contributed by atoms with Crippen LogP contribution in [-0.2, 0) is 9.59 Å². The first-order valence-electron chi connectivity index (χ1n) is 7.82. The molecule has 0 unspecified atom stereocenters. The third-order valence-electron chi connectivity index (χ3n) is 3.88. The molecule has 0 radical (unpaired) electrons. The first-order valence-corrected chi connectivity index (χ1v) is 8.61. The van der Waals surface area contributed by atoms with Crippen molar-refractivity contribution in [3.63, 3.8) is 0 Å². The summed E-state index contributed by atoms with van der Waals surface area (Å²) in [5.41, 5.74) is 1.94. The first-order chi connectivity index (χ1) is 12.4. The molecule has 2 aromatic carbocycles. The van der Waals surface area contributed by atoms with Crippen molar-refractivity contribution in [2.75, 3.05) is 23.9 Å². The van der Waals surface area contributed by atoms with Crippen LogP contribution in [0.15, 0.2) is 58.6 Å². The molecular weight excluding hydrogens is 398 g/mol. The highest BCUT2D eigenvalue weighted by molar-refractivity contribution is 9.10. The van der Waals surface area contributed by atoms with E-state index in [9.17, 15) is 14.4 Å². The number of benzene rings is 2. The molecule has 0 atom stereocenters. The van der Waals surface area contributed by atoms with Crippen molar-refractivity contribution in [1.82, 2.24) is 5.32 Å². The normalized spacial score (nSPS) is 16.0. The average molecular weight is 414 g/mol. The Kier molecular flexibility index (Phi) is 4.90. The maximum Gasteiger partial charge on any atom is 0.335 e. The van der Waals surface area contributed by atoms with Gasteiger partial charge in [-0.1, -0.05) is 24.3 Å². The Morgan fingerprint density at radius 1 is 1.04 bits per heavy atom. The van der Waals surface area contributed by atoms with Crippen LogP contribution in [0.1, 0.15) is 5.56 Å². The summed E-state index contributed by atoms with van der Waals surface area (Å²) in [6, 6.07) is 13.2. The molecule has 1 N–H and O–H groups in total. The number of amides is 4. The van der Waals surface area contributed by atoms with Crippen molar-refractivity contribution in [2.24, 2.45) is 0 Å². The monoisotopic (exact) mass is 413 g/mol. The molecule has 132 valence electrons. The molecular formula is C19H16BrN3O3. The van der Waals surface area contributed by atoms with Crippen LogP contribution in [0.2, 0.25) is 0 Å². The molecule has 0 aromatic heterocycles. The molecule has 26 heavy (non-hydrogen) atoms. The van der Waals surface area contributed by atoms with Crippen LogP contribution in [-0.4, -0.2) is 31.9 Å². The molecule has 2 aromatic rings. The Morgan fingerprint density at radius 3 is 2.35 bits per heavy atom. The van der Waals surface area contributed by atoms with Gasteiger partial charge in [-0.25, -0.2) is 9.69 Å². The zero-order valence-corrected chi connectivity index (χ0v) is 15.8. The molecule has 0 saturated carbocycles. The van der Waals surface area contributed by atoms with Crippen LogP contribution in [0.25, 0.3) is 6.08 Å². The van der Waals surface area contributed by atoms with Crippen LogP contribution >= 0.6 is 15.9 Å². The zero-order chi connectivity index (χ0) is 18.8. The van der Waals surface area contributed by atoms with Gasteiger partial charge in [-0.05, 0) is 51.8 Å². The molecule has 3 rings (SSSR count). The number of halogens is 1. The fraction of sp³-hybridized carbons (Fsp3) is 0.105. The van der Waals surface area contributed by atoms with Gasteiger partial charge < -0.3 is 4.90 Å². The van der Waals surface area contributed by atoms with Crippen molar-refractivity contribution in [3.8, 4) is 0 Å². The maximum atomic E-state index is 12.8. The molecule has 0 bridgehead atoms. The van der Waals surface area contributed by atoms with Gasteiger partial charge in [0.2, 0.25) is 0 Å². The predicted molar refractivity (Wildman–Crippen MR) is 104 cm³/mol. The minimum atomic E-state index is -0.757. The first kappa shape index (κ1) is 17.9. The number of carbonyl (C=O) groups excluding carboxylic acids is 3. The predicted octanol–water partition coefficient (Wildman–Crippen LogP) is 3.18. The van der Waals surface area contributed by atoms with E-state index < -0.39 is 17.8 Å². The summed E-state index contributed by atoms with van der Waals surface area (Å²) in [5, 5.41) is 2.21. The number of carbonyl (C=O) groups is 3. The lowest BCUT2D eigenvalue weighted by Gasteiger charge is -2.26. The van der Waals surface area contributed by atoms with Crippen LogP contribution in [0.5, 0.6) is 0 Å². The van der Waals surface area contributed by atoms with Gasteiger partial charge >= 0.3 is 6.03 Å². The van der Waals surface area contributed by atoms with E-state index in [4.69, 9.17) is 0 Å². The van der Waals surface area contributed by atoms with E-state index in [1.165, 1.54) is 6.08 Å². The van der Waals surface area contributed by atoms with Crippen LogP contribution < -0.4 is 15.1 Å². The van der Waals surface area contributed by atoms with Crippen LogP contribution in [0.4, 0.5) is 16.2 Å². The SMILES string of the molecule is CN(C)c1ccc(/C=C2/C(=O)NC(=O)N(c3ccccc3)C2=O)cc1Br. The number of nitrogens with one attached hydrogen (secondary N) is 1. The fourth-order valence-electron chi connectivity index (χ4n) is 2.61. The van der Waals surface area contributed by atoms with Crippen molar-refractivity contribution < 1.29 is 14.4 Å². The molecule has 1 fully saturated rings. The number of para-hydroxylation sites is 1. The topological polar surface area (TPSA) is 69.7 Å². The van der Waals surface area contributed by atoms with E-state index in [0.717, 1.165) is 15.1 Å². The van der Waals surface area contributed by atoms with Crippen molar-refractivity contribution in [2.45, 2.75) is 0 Å². The van der Waals surface area contributed by atoms with E-state index in [1.807, 2.05) is 31.1 Å². The standard InChI is InChI=1S/C19H16BrN3O3/c1-22(2)16-9-8-12(11-15(16)20)10-14-17(24)21-19(26)23(18(14)25)13-6-4-3-5-7-13/h3-11H,1-2H3,(H,21,24,26)/b14-10-. The summed E-state index contributed by atoms with van der Waals surface area (Å²) in [4.78, 5) is 40.0. The van der Waals surface area contributed by atoms with Gasteiger partial charge in [-0.15, -0.1) is 0 Å². The molecule has 1 saturated heterocycles. The second kappa shape index (κ2) is 7.13. The fourth-order valence-corrected chi connectivity index (χ4v) is 3.36. The van der Waals surface area contributed by atoms with Crippen molar-refractivity contribution in [1.29, 1.82) is 0 Å². The second-order valence-electron chi connectivity index (χ2n) is 5.90. The summed E-state index contributed by atoms with van der Waals surface area (Å²) in [6.07, 6.45) is 1.48.